The zero-order chi connectivity index (χ0) is 21.1. The van der Waals surface area contributed by atoms with Crippen molar-refractivity contribution in [1.82, 2.24) is 19.2 Å². The summed E-state index contributed by atoms with van der Waals surface area (Å²) in [5.74, 6) is -0.543. The van der Waals surface area contributed by atoms with Crippen molar-refractivity contribution in [1.29, 1.82) is 0 Å². The van der Waals surface area contributed by atoms with Crippen molar-refractivity contribution < 1.29 is 4.79 Å². The van der Waals surface area contributed by atoms with Crippen LogP contribution in [0.2, 0.25) is 5.02 Å². The third-order valence-corrected chi connectivity index (χ3v) is 4.79. The van der Waals surface area contributed by atoms with Crippen molar-refractivity contribution in [2.45, 2.75) is 20.4 Å². The van der Waals surface area contributed by atoms with Crippen molar-refractivity contribution in [2.75, 3.05) is 13.6 Å². The molecule has 8 heteroatoms. The lowest BCUT2D eigenvalue weighted by molar-refractivity contribution is 0.0791. The largest absolute Gasteiger partial charge is 0.352 e. The van der Waals surface area contributed by atoms with Crippen molar-refractivity contribution in [3.8, 4) is 5.69 Å². The highest BCUT2D eigenvalue weighted by Crippen LogP contribution is 2.11. The number of carbonyl (C=O) groups excluding carboxylic acids is 1. The molecule has 29 heavy (non-hydrogen) atoms. The van der Waals surface area contributed by atoms with Crippen LogP contribution in [0, 0.1) is 6.92 Å². The van der Waals surface area contributed by atoms with Crippen LogP contribution in [0.3, 0.4) is 0 Å². The van der Waals surface area contributed by atoms with Crippen LogP contribution in [0.5, 0.6) is 0 Å². The molecule has 0 fully saturated rings. The van der Waals surface area contributed by atoms with Crippen molar-refractivity contribution in [2.24, 2.45) is 0 Å². The molecule has 3 aromatic rings. The van der Waals surface area contributed by atoms with Crippen LogP contribution >= 0.6 is 11.6 Å². The van der Waals surface area contributed by atoms with Gasteiger partial charge in [0, 0.05) is 18.6 Å². The first-order chi connectivity index (χ1) is 13.8. The maximum Gasteiger partial charge on any atom is 0.352 e. The number of aryl methyl sites for hydroxylation is 1. The number of aromatic nitrogens is 3. The number of benzene rings is 2. The molecule has 1 amide bonds. The fourth-order valence-electron chi connectivity index (χ4n) is 2.86. The molecule has 150 valence electrons. The van der Waals surface area contributed by atoms with E-state index in [4.69, 9.17) is 11.6 Å². The van der Waals surface area contributed by atoms with E-state index in [9.17, 15) is 14.4 Å². The molecule has 1 heterocycles. The van der Waals surface area contributed by atoms with Crippen LogP contribution in [0.15, 0.2) is 58.1 Å². The Bertz CT molecular complexity index is 1180. The summed E-state index contributed by atoms with van der Waals surface area (Å²) in [6.07, 6.45) is 0. The summed E-state index contributed by atoms with van der Waals surface area (Å²) in [6, 6.07) is 14.0. The Hall–Kier alpha value is -3.19. The Morgan fingerprint density at radius 2 is 1.86 bits per heavy atom. The van der Waals surface area contributed by atoms with E-state index < -0.39 is 17.2 Å². The van der Waals surface area contributed by atoms with E-state index in [0.29, 0.717) is 22.8 Å². The predicted octanol–water partition coefficient (Wildman–Crippen LogP) is 2.50. The van der Waals surface area contributed by atoms with Crippen LogP contribution < -0.4 is 11.2 Å². The van der Waals surface area contributed by atoms with Crippen LogP contribution in [0.1, 0.15) is 28.5 Å². The van der Waals surface area contributed by atoms with Crippen LogP contribution in [0.4, 0.5) is 0 Å². The lowest BCUT2D eigenvalue weighted by Gasteiger charge is -2.16. The monoisotopic (exact) mass is 412 g/mol. The quantitative estimate of drug-likeness (QED) is 0.645. The molecule has 2 aromatic carbocycles. The molecule has 0 bridgehead atoms. The Morgan fingerprint density at radius 1 is 1.14 bits per heavy atom. The lowest BCUT2D eigenvalue weighted by atomic mass is 10.2. The second kappa shape index (κ2) is 8.45. The van der Waals surface area contributed by atoms with Crippen LogP contribution in [-0.2, 0) is 6.54 Å². The smallest absolute Gasteiger partial charge is 0.340 e. The Labute approximate surface area is 172 Å². The molecule has 3 rings (SSSR count). The second-order valence-electron chi connectivity index (χ2n) is 6.72. The molecule has 0 aliphatic rings. The molecule has 7 nitrogen and oxygen atoms in total. The van der Waals surface area contributed by atoms with Gasteiger partial charge in [-0.25, -0.2) is 4.79 Å². The minimum Gasteiger partial charge on any atom is -0.340 e. The number of amides is 1. The normalized spacial score (nSPS) is 10.8. The summed E-state index contributed by atoms with van der Waals surface area (Å²) < 4.78 is 2.10. The zero-order valence-electron chi connectivity index (χ0n) is 16.4. The molecule has 0 N–H and O–H groups in total. The molecule has 0 aliphatic heterocycles. The molecule has 0 atom stereocenters. The highest BCUT2D eigenvalue weighted by atomic mass is 35.5. The van der Waals surface area contributed by atoms with Gasteiger partial charge in [0.25, 0.3) is 11.5 Å². The molecular formula is C21H21ClN4O3. The summed E-state index contributed by atoms with van der Waals surface area (Å²) in [5.41, 5.74) is 0.393. The minimum atomic E-state index is -0.732. The SMILES string of the molecule is CCN(C)C(=O)c1nn(-c2cccc(C)c2)c(=O)n(Cc2cccc(Cl)c2)c1=O. The third-order valence-electron chi connectivity index (χ3n) is 4.56. The average molecular weight is 413 g/mol. The molecule has 0 saturated heterocycles. The topological polar surface area (TPSA) is 77.2 Å². The number of carbonyl (C=O) groups is 1. The van der Waals surface area contributed by atoms with Gasteiger partial charge in [0.15, 0.2) is 0 Å². The summed E-state index contributed by atoms with van der Waals surface area (Å²) in [5, 5.41) is 4.62. The molecule has 0 unspecified atom stereocenters. The summed E-state index contributed by atoms with van der Waals surface area (Å²) in [4.78, 5) is 40.2. The molecule has 1 aromatic heterocycles. The summed E-state index contributed by atoms with van der Waals surface area (Å²) >= 11 is 6.03. The van der Waals surface area contributed by atoms with Crippen molar-refractivity contribution in [3.05, 3.63) is 91.2 Å². The van der Waals surface area contributed by atoms with Gasteiger partial charge in [-0.3, -0.25) is 14.2 Å². The molecule has 0 aliphatic carbocycles. The fourth-order valence-corrected chi connectivity index (χ4v) is 3.07. The first kappa shape index (κ1) is 20.5. The molecular weight excluding hydrogens is 392 g/mol. The van der Waals surface area contributed by atoms with Gasteiger partial charge in [0.2, 0.25) is 5.69 Å². The van der Waals surface area contributed by atoms with Gasteiger partial charge in [0.05, 0.1) is 12.2 Å². The van der Waals surface area contributed by atoms with Gasteiger partial charge in [-0.2, -0.15) is 9.78 Å². The third kappa shape index (κ3) is 4.30. The number of hydrogen-bond acceptors (Lipinski definition) is 4. The Kier molecular flexibility index (Phi) is 5.98. The minimum absolute atomic E-state index is 0.0251. The lowest BCUT2D eigenvalue weighted by Crippen LogP contribution is -2.46. The number of nitrogens with zero attached hydrogens (tertiary/aromatic N) is 4. The predicted molar refractivity (Wildman–Crippen MR) is 112 cm³/mol. The van der Waals surface area contributed by atoms with Gasteiger partial charge >= 0.3 is 5.69 Å². The van der Waals surface area contributed by atoms with Gasteiger partial charge in [0.1, 0.15) is 0 Å². The van der Waals surface area contributed by atoms with Crippen LogP contribution in [0.25, 0.3) is 5.69 Å². The fraction of sp³-hybridized carbons (Fsp3) is 0.238. The maximum atomic E-state index is 13.1. The van der Waals surface area contributed by atoms with E-state index in [1.807, 2.05) is 13.0 Å². The van der Waals surface area contributed by atoms with Gasteiger partial charge < -0.3 is 4.90 Å². The Balaban J connectivity index is 2.25. The van der Waals surface area contributed by atoms with E-state index in [-0.39, 0.29) is 12.2 Å². The van der Waals surface area contributed by atoms with Crippen molar-refractivity contribution in [3.63, 3.8) is 0 Å². The van der Waals surface area contributed by atoms with Crippen molar-refractivity contribution >= 4 is 17.5 Å². The van der Waals surface area contributed by atoms with Gasteiger partial charge in [-0.1, -0.05) is 35.9 Å². The van der Waals surface area contributed by atoms with E-state index >= 15 is 0 Å². The number of rotatable bonds is 5. The molecule has 0 saturated carbocycles. The molecule has 0 spiro atoms. The van der Waals surface area contributed by atoms with E-state index in [1.165, 1.54) is 4.90 Å². The second-order valence-corrected chi connectivity index (χ2v) is 7.16. The highest BCUT2D eigenvalue weighted by Gasteiger charge is 2.22. The standard InChI is InChI=1S/C21H21ClN4O3/c1-4-24(3)19(27)18-20(28)25(13-15-8-6-9-16(22)12-15)21(29)26(23-18)17-10-5-7-14(2)11-17/h5-12H,4,13H2,1-3H3. The summed E-state index contributed by atoms with van der Waals surface area (Å²) in [6.45, 7) is 4.05. The van der Waals surface area contributed by atoms with Gasteiger partial charge in [-0.05, 0) is 49.2 Å². The van der Waals surface area contributed by atoms with Gasteiger partial charge in [-0.15, -0.1) is 0 Å². The number of hydrogen-bond donors (Lipinski definition) is 0. The molecule has 0 radical (unpaired) electrons. The first-order valence-corrected chi connectivity index (χ1v) is 9.50. The zero-order valence-corrected chi connectivity index (χ0v) is 17.2. The average Bonchev–Trinajstić information content (AvgIpc) is 2.70. The number of halogens is 1. The Morgan fingerprint density at radius 3 is 2.52 bits per heavy atom. The maximum absolute atomic E-state index is 13.1. The van der Waals surface area contributed by atoms with E-state index in [2.05, 4.69) is 5.10 Å². The summed E-state index contributed by atoms with van der Waals surface area (Å²) in [7, 11) is 1.58. The first-order valence-electron chi connectivity index (χ1n) is 9.13. The van der Waals surface area contributed by atoms with E-state index in [0.717, 1.165) is 14.8 Å². The highest BCUT2D eigenvalue weighted by molar-refractivity contribution is 6.30. The van der Waals surface area contributed by atoms with E-state index in [1.54, 1.807) is 56.4 Å². The van der Waals surface area contributed by atoms with Crippen LogP contribution in [-0.4, -0.2) is 38.7 Å².